The van der Waals surface area contributed by atoms with Gasteiger partial charge in [-0.1, -0.05) is 20.8 Å². The van der Waals surface area contributed by atoms with Crippen molar-refractivity contribution in [1.82, 2.24) is 9.88 Å². The van der Waals surface area contributed by atoms with E-state index in [1.54, 1.807) is 6.20 Å². The van der Waals surface area contributed by atoms with E-state index in [1.165, 1.54) is 18.2 Å². The molecule has 7 heteroatoms. The number of aryl methyl sites for hydroxylation is 1. The van der Waals surface area contributed by atoms with Crippen LogP contribution in [0.2, 0.25) is 0 Å². The van der Waals surface area contributed by atoms with Crippen LogP contribution in [0.3, 0.4) is 0 Å². The number of aliphatic hydroxyl groups excluding tert-OH is 1. The number of primary amides is 1. The van der Waals surface area contributed by atoms with Crippen molar-refractivity contribution in [2.24, 2.45) is 17.6 Å². The van der Waals surface area contributed by atoms with Crippen LogP contribution in [0.4, 0.5) is 0 Å². The van der Waals surface area contributed by atoms with Crippen molar-refractivity contribution >= 4 is 11.8 Å². The lowest BCUT2D eigenvalue weighted by atomic mass is 9.91. The van der Waals surface area contributed by atoms with E-state index in [0.29, 0.717) is 25.2 Å². The van der Waals surface area contributed by atoms with Gasteiger partial charge in [-0.25, -0.2) is 4.98 Å². The third-order valence-electron chi connectivity index (χ3n) is 4.13. The number of carbonyl (C=O) groups is 2. The summed E-state index contributed by atoms with van der Waals surface area (Å²) in [5, 5.41) is 10.5. The normalized spacial score (nSPS) is 15.1. The third-order valence-corrected chi connectivity index (χ3v) is 4.13. The van der Waals surface area contributed by atoms with E-state index in [2.05, 4.69) is 4.98 Å². The highest BCUT2D eigenvalue weighted by atomic mass is 16.3. The van der Waals surface area contributed by atoms with Gasteiger partial charge in [-0.3, -0.25) is 9.59 Å². The summed E-state index contributed by atoms with van der Waals surface area (Å²) in [5.41, 5.74) is 5.43. The highest BCUT2D eigenvalue weighted by Gasteiger charge is 2.34. The Hall–Kier alpha value is -1.89. The molecule has 2 amide bonds. The molecule has 1 aromatic rings. The second kappa shape index (κ2) is 9.42. The van der Waals surface area contributed by atoms with Crippen LogP contribution >= 0.6 is 0 Å². The molecule has 0 saturated carbocycles. The van der Waals surface area contributed by atoms with Crippen LogP contribution in [-0.4, -0.2) is 46.0 Å². The number of oxazole rings is 1. The quantitative estimate of drug-likeness (QED) is 0.669. The average molecular weight is 339 g/mol. The molecular weight excluding hydrogens is 310 g/mol. The summed E-state index contributed by atoms with van der Waals surface area (Å²) in [5.74, 6) is -0.260. The van der Waals surface area contributed by atoms with Crippen LogP contribution in [0.25, 0.3) is 0 Å². The van der Waals surface area contributed by atoms with Crippen LogP contribution in [0.15, 0.2) is 16.9 Å². The second-order valence-corrected chi connectivity index (χ2v) is 6.74. The van der Waals surface area contributed by atoms with Gasteiger partial charge >= 0.3 is 0 Å². The maximum atomic E-state index is 12.2. The zero-order valence-corrected chi connectivity index (χ0v) is 14.9. The van der Waals surface area contributed by atoms with Gasteiger partial charge in [-0.15, -0.1) is 0 Å². The number of hydrogen-bond acceptors (Lipinski definition) is 5. The summed E-state index contributed by atoms with van der Waals surface area (Å²) in [4.78, 5) is 29.3. The predicted octanol–water partition coefficient (Wildman–Crippen LogP) is 1.35. The Kier molecular flexibility index (Phi) is 7.91. The largest absolute Gasteiger partial charge is 0.449 e. The first-order valence-corrected chi connectivity index (χ1v) is 8.35. The van der Waals surface area contributed by atoms with Gasteiger partial charge in [0.15, 0.2) is 5.89 Å². The Morgan fingerprint density at radius 1 is 1.38 bits per heavy atom. The molecule has 3 N–H and O–H groups in total. The summed E-state index contributed by atoms with van der Waals surface area (Å²) >= 11 is 0. The van der Waals surface area contributed by atoms with E-state index in [0.717, 1.165) is 6.42 Å². The molecule has 7 nitrogen and oxygen atoms in total. The molecule has 0 unspecified atom stereocenters. The lowest BCUT2D eigenvalue weighted by Crippen LogP contribution is -2.54. The minimum Gasteiger partial charge on any atom is -0.449 e. The molecule has 0 aliphatic carbocycles. The van der Waals surface area contributed by atoms with Crippen molar-refractivity contribution in [3.63, 3.8) is 0 Å². The van der Waals surface area contributed by atoms with Crippen LogP contribution < -0.4 is 5.73 Å². The van der Waals surface area contributed by atoms with E-state index in [4.69, 9.17) is 10.2 Å². The van der Waals surface area contributed by atoms with Crippen molar-refractivity contribution < 1.29 is 19.1 Å². The molecule has 0 aromatic carbocycles. The highest BCUT2D eigenvalue weighted by Crippen LogP contribution is 2.19. The molecule has 1 rings (SSSR count). The predicted molar refractivity (Wildman–Crippen MR) is 89.8 cm³/mol. The molecule has 136 valence electrons. The molecule has 0 aliphatic heterocycles. The number of aromatic nitrogens is 1. The first-order chi connectivity index (χ1) is 11.2. The Balaban J connectivity index is 2.61. The molecule has 0 radical (unpaired) electrons. The fourth-order valence-corrected chi connectivity index (χ4v) is 2.67. The van der Waals surface area contributed by atoms with Crippen LogP contribution in [0, 0.1) is 11.8 Å². The Labute approximate surface area is 143 Å². The summed E-state index contributed by atoms with van der Waals surface area (Å²) in [7, 11) is 1.52. The van der Waals surface area contributed by atoms with Crippen molar-refractivity contribution in [2.75, 3.05) is 7.05 Å². The zero-order chi connectivity index (χ0) is 18.3. The number of nitrogens with zero attached hydrogens (tertiary/aromatic N) is 2. The molecule has 24 heavy (non-hydrogen) atoms. The van der Waals surface area contributed by atoms with Crippen LogP contribution in [0.1, 0.15) is 45.9 Å². The summed E-state index contributed by atoms with van der Waals surface area (Å²) in [6.45, 7) is 5.69. The lowest BCUT2D eigenvalue weighted by Gasteiger charge is -2.33. The van der Waals surface area contributed by atoms with E-state index >= 15 is 0 Å². The van der Waals surface area contributed by atoms with E-state index < -0.39 is 18.1 Å². The fourth-order valence-electron chi connectivity index (χ4n) is 2.67. The van der Waals surface area contributed by atoms with Crippen molar-refractivity contribution in [1.29, 1.82) is 0 Å². The topological polar surface area (TPSA) is 110 Å². The molecule has 0 saturated heterocycles. The maximum Gasteiger partial charge on any atom is 0.242 e. The summed E-state index contributed by atoms with van der Waals surface area (Å²) < 4.78 is 5.17. The van der Waals surface area contributed by atoms with Gasteiger partial charge in [0.2, 0.25) is 11.8 Å². The minimum absolute atomic E-state index is 0.170. The highest BCUT2D eigenvalue weighted by molar-refractivity contribution is 5.87. The van der Waals surface area contributed by atoms with E-state index in [9.17, 15) is 14.7 Å². The first-order valence-electron chi connectivity index (χ1n) is 8.35. The minimum atomic E-state index is -1.02. The van der Waals surface area contributed by atoms with Gasteiger partial charge in [0.1, 0.15) is 12.3 Å². The summed E-state index contributed by atoms with van der Waals surface area (Å²) in [6.07, 6.45) is 4.50. The van der Waals surface area contributed by atoms with Gasteiger partial charge in [-0.2, -0.15) is 0 Å². The molecule has 0 fully saturated rings. The average Bonchev–Trinajstić information content (AvgIpc) is 2.99. The Morgan fingerprint density at radius 3 is 2.54 bits per heavy atom. The fraction of sp³-hybridized carbons (Fsp3) is 0.706. The standard InChI is InChI=1S/C17H29N3O4/c1-11(2)10-14(21)20(4)15(17(18)23)16(22)12(3)6-5-7-13-19-8-9-24-13/h8-9,11-12,15-16,22H,5-7,10H2,1-4H3,(H2,18,23)/t12-,15+,16-/m1/s1. The number of nitrogens with two attached hydrogens (primary N) is 1. The smallest absolute Gasteiger partial charge is 0.242 e. The van der Waals surface area contributed by atoms with Crippen LogP contribution in [0.5, 0.6) is 0 Å². The number of amides is 2. The van der Waals surface area contributed by atoms with Gasteiger partial charge in [0.25, 0.3) is 0 Å². The van der Waals surface area contributed by atoms with Crippen molar-refractivity contribution in [3.8, 4) is 0 Å². The second-order valence-electron chi connectivity index (χ2n) is 6.74. The molecule has 0 spiro atoms. The number of hydrogen-bond donors (Lipinski definition) is 2. The number of likely N-dealkylation sites (N-methyl/N-ethyl adjacent to an activating group) is 1. The van der Waals surface area contributed by atoms with Gasteiger partial charge in [0, 0.05) is 19.9 Å². The maximum absolute atomic E-state index is 12.2. The monoisotopic (exact) mass is 339 g/mol. The molecule has 3 atom stereocenters. The molecule has 0 bridgehead atoms. The Morgan fingerprint density at radius 2 is 2.04 bits per heavy atom. The molecular formula is C17H29N3O4. The number of carbonyl (C=O) groups excluding carboxylic acids is 2. The first kappa shape index (κ1) is 20.2. The van der Waals surface area contributed by atoms with Gasteiger partial charge in [0.05, 0.1) is 12.3 Å². The molecule has 0 aliphatic rings. The van der Waals surface area contributed by atoms with Gasteiger partial charge in [-0.05, 0) is 24.7 Å². The van der Waals surface area contributed by atoms with Crippen LogP contribution in [-0.2, 0) is 16.0 Å². The third kappa shape index (κ3) is 5.96. The lowest BCUT2D eigenvalue weighted by molar-refractivity contribution is -0.143. The number of aliphatic hydroxyl groups is 1. The number of rotatable bonds is 10. The summed E-state index contributed by atoms with van der Waals surface area (Å²) in [6, 6.07) is -1.02. The zero-order valence-electron chi connectivity index (χ0n) is 14.9. The van der Waals surface area contributed by atoms with E-state index in [-0.39, 0.29) is 17.7 Å². The SMILES string of the molecule is CC(C)CC(=O)N(C)[C@H](C(N)=O)[C@H](O)[C@H](C)CCCc1ncco1. The van der Waals surface area contributed by atoms with E-state index in [1.807, 2.05) is 20.8 Å². The van der Waals surface area contributed by atoms with Gasteiger partial charge < -0.3 is 20.2 Å². The Bertz CT molecular complexity index is 516. The molecule has 1 aromatic heterocycles. The van der Waals surface area contributed by atoms with Crippen molar-refractivity contribution in [2.45, 2.75) is 58.6 Å². The van der Waals surface area contributed by atoms with Crippen molar-refractivity contribution in [3.05, 3.63) is 18.4 Å². The molecule has 1 heterocycles.